The third kappa shape index (κ3) is 8.90. The van der Waals surface area contributed by atoms with Gasteiger partial charge in [-0.05, 0) is 60.1 Å². The summed E-state index contributed by atoms with van der Waals surface area (Å²) in [5.41, 5.74) is 3.96. The molecule has 10 nitrogen and oxygen atoms in total. The summed E-state index contributed by atoms with van der Waals surface area (Å²) < 4.78 is 10.8. The zero-order chi connectivity index (χ0) is 35.6. The molecule has 262 valence electrons. The summed E-state index contributed by atoms with van der Waals surface area (Å²) in [6, 6.07) is 34.9. The van der Waals surface area contributed by atoms with Crippen molar-refractivity contribution in [3.8, 4) is 5.75 Å². The smallest absolute Gasteiger partial charge is 0.417 e. The highest BCUT2D eigenvalue weighted by Gasteiger charge is 2.42. The van der Waals surface area contributed by atoms with Crippen molar-refractivity contribution in [2.75, 3.05) is 20.3 Å². The van der Waals surface area contributed by atoms with Gasteiger partial charge in [0.1, 0.15) is 13.2 Å². The number of carbonyl (C=O) groups is 4. The third-order valence-corrected chi connectivity index (χ3v) is 9.10. The number of ether oxygens (including phenoxy) is 2. The molecule has 10 heteroatoms. The van der Waals surface area contributed by atoms with E-state index < -0.39 is 36.1 Å². The van der Waals surface area contributed by atoms with E-state index in [1.165, 1.54) is 16.9 Å². The van der Waals surface area contributed by atoms with E-state index in [2.05, 4.69) is 0 Å². The van der Waals surface area contributed by atoms with Crippen molar-refractivity contribution in [1.29, 1.82) is 0 Å². The molecule has 0 saturated carbocycles. The van der Waals surface area contributed by atoms with Crippen LogP contribution in [0.1, 0.15) is 28.7 Å². The molecule has 2 saturated heterocycles. The summed E-state index contributed by atoms with van der Waals surface area (Å²) in [5.74, 6) is -1.10. The van der Waals surface area contributed by atoms with Crippen LogP contribution in [0.25, 0.3) is 0 Å². The van der Waals surface area contributed by atoms with Crippen LogP contribution in [0.3, 0.4) is 0 Å². The molecule has 0 aromatic heterocycles. The lowest BCUT2D eigenvalue weighted by molar-refractivity contribution is -0.178. The van der Waals surface area contributed by atoms with Crippen molar-refractivity contribution in [3.63, 3.8) is 0 Å². The minimum Gasteiger partial charge on any atom is -0.447 e. The highest BCUT2D eigenvalue weighted by molar-refractivity contribution is 6.04. The second kappa shape index (κ2) is 16.8. The van der Waals surface area contributed by atoms with Crippen LogP contribution in [0.4, 0.5) is 9.59 Å². The second-order valence-electron chi connectivity index (χ2n) is 12.6. The summed E-state index contributed by atoms with van der Waals surface area (Å²) in [5, 5.41) is 0. The number of hydrogen-bond acceptors (Lipinski definition) is 8. The van der Waals surface area contributed by atoms with Crippen LogP contribution >= 0.6 is 0 Å². The van der Waals surface area contributed by atoms with Crippen molar-refractivity contribution in [2.45, 2.75) is 44.2 Å². The SMILES string of the molecule is COOc1ccc(C/C(=C\C[C@H](Cc2ccccc2)C(=O)N2C(=O)OC[C@@H]2Cc2ccccc2)C(=O)N2C(=O)OC[C@@H]2Cc2ccccc2)cc1. The Balaban J connectivity index is 1.31. The third-order valence-electron chi connectivity index (χ3n) is 9.10. The maximum atomic E-state index is 14.4. The molecule has 2 aliphatic rings. The van der Waals surface area contributed by atoms with Gasteiger partial charge in [-0.25, -0.2) is 19.4 Å². The van der Waals surface area contributed by atoms with Crippen molar-refractivity contribution >= 4 is 24.0 Å². The number of allylic oxidation sites excluding steroid dienone is 1. The molecule has 0 aliphatic carbocycles. The topological polar surface area (TPSA) is 112 Å². The van der Waals surface area contributed by atoms with Gasteiger partial charge in [0.2, 0.25) is 5.91 Å². The minimum atomic E-state index is -0.712. The van der Waals surface area contributed by atoms with E-state index in [0.717, 1.165) is 22.3 Å². The van der Waals surface area contributed by atoms with E-state index in [1.54, 1.807) is 30.3 Å². The molecule has 2 fully saturated rings. The second-order valence-corrected chi connectivity index (χ2v) is 12.6. The van der Waals surface area contributed by atoms with E-state index in [1.807, 2.05) is 91.0 Å². The molecule has 0 radical (unpaired) electrons. The van der Waals surface area contributed by atoms with E-state index in [-0.39, 0.29) is 32.0 Å². The van der Waals surface area contributed by atoms with Gasteiger partial charge in [0.25, 0.3) is 5.91 Å². The van der Waals surface area contributed by atoms with Crippen LogP contribution in [0, 0.1) is 5.92 Å². The Morgan fingerprint density at radius 3 is 1.76 bits per heavy atom. The summed E-state index contributed by atoms with van der Waals surface area (Å²) >= 11 is 0. The Kier molecular flexibility index (Phi) is 11.5. The van der Waals surface area contributed by atoms with Crippen LogP contribution in [-0.2, 0) is 49.6 Å². The fourth-order valence-electron chi connectivity index (χ4n) is 6.53. The molecule has 0 unspecified atom stereocenters. The van der Waals surface area contributed by atoms with Gasteiger partial charge in [-0.3, -0.25) is 9.59 Å². The predicted octanol–water partition coefficient (Wildman–Crippen LogP) is 6.52. The number of nitrogens with zero attached hydrogens (tertiary/aromatic N) is 2. The van der Waals surface area contributed by atoms with Crippen molar-refractivity contribution < 1.29 is 38.4 Å². The molecule has 2 aliphatic heterocycles. The van der Waals surface area contributed by atoms with E-state index in [4.69, 9.17) is 19.2 Å². The number of amides is 4. The number of hydrogen-bond donors (Lipinski definition) is 0. The first-order chi connectivity index (χ1) is 24.9. The van der Waals surface area contributed by atoms with Crippen LogP contribution in [0.2, 0.25) is 0 Å². The molecular formula is C41H40N2O8. The van der Waals surface area contributed by atoms with Crippen LogP contribution in [0.5, 0.6) is 5.75 Å². The van der Waals surface area contributed by atoms with E-state index >= 15 is 0 Å². The fourth-order valence-corrected chi connectivity index (χ4v) is 6.53. The maximum absolute atomic E-state index is 14.4. The van der Waals surface area contributed by atoms with Gasteiger partial charge in [-0.2, -0.15) is 4.89 Å². The molecule has 6 rings (SSSR count). The van der Waals surface area contributed by atoms with Gasteiger partial charge in [0.15, 0.2) is 5.75 Å². The van der Waals surface area contributed by atoms with Gasteiger partial charge in [0.05, 0.1) is 19.2 Å². The Labute approximate surface area is 297 Å². The van der Waals surface area contributed by atoms with E-state index in [0.29, 0.717) is 30.6 Å². The molecule has 0 bridgehead atoms. The summed E-state index contributed by atoms with van der Waals surface area (Å²) in [6.45, 7) is 0.171. The van der Waals surface area contributed by atoms with Gasteiger partial charge >= 0.3 is 12.2 Å². The maximum Gasteiger partial charge on any atom is 0.417 e. The molecule has 0 N–H and O–H groups in total. The Morgan fingerprint density at radius 1 is 0.706 bits per heavy atom. The molecule has 2 heterocycles. The zero-order valence-electron chi connectivity index (χ0n) is 28.4. The van der Waals surface area contributed by atoms with Gasteiger partial charge < -0.3 is 14.4 Å². The quantitative estimate of drug-likeness (QED) is 0.0836. The van der Waals surface area contributed by atoms with Crippen LogP contribution in [0.15, 0.2) is 127 Å². The monoisotopic (exact) mass is 688 g/mol. The van der Waals surface area contributed by atoms with Crippen LogP contribution in [-0.4, -0.2) is 66.2 Å². The number of carbonyl (C=O) groups excluding carboxylic acids is 4. The minimum absolute atomic E-state index is 0.0742. The standard InChI is InChI=1S/C41H40N2O8/c1-48-51-37-21-17-32(18-22-37)24-34(39(45)43-36(28-50-41(43)47)26-31-15-9-4-10-16-31)20-19-33(23-29-11-5-2-6-12-29)38(44)42-35(27-49-40(42)46)25-30-13-7-3-8-14-30/h2-18,20-22,33,35-36H,19,23-28H2,1H3/b34-20+/t33-,35+,36+/m1/s1. The average molecular weight is 689 g/mol. The molecule has 0 spiro atoms. The van der Waals surface area contributed by atoms with Gasteiger partial charge in [0, 0.05) is 17.9 Å². The lowest BCUT2D eigenvalue weighted by Gasteiger charge is -2.25. The lowest BCUT2D eigenvalue weighted by Crippen LogP contribution is -2.44. The summed E-state index contributed by atoms with van der Waals surface area (Å²) in [6.07, 6.45) is 1.85. The van der Waals surface area contributed by atoms with Crippen molar-refractivity contribution in [2.24, 2.45) is 5.92 Å². The van der Waals surface area contributed by atoms with E-state index in [9.17, 15) is 19.2 Å². The van der Waals surface area contributed by atoms with Gasteiger partial charge in [-0.15, -0.1) is 0 Å². The number of benzene rings is 4. The predicted molar refractivity (Wildman–Crippen MR) is 188 cm³/mol. The Morgan fingerprint density at radius 2 is 1.22 bits per heavy atom. The summed E-state index contributed by atoms with van der Waals surface area (Å²) in [4.78, 5) is 67.2. The highest BCUT2D eigenvalue weighted by Crippen LogP contribution is 2.27. The van der Waals surface area contributed by atoms with Crippen LogP contribution < -0.4 is 4.89 Å². The normalized spacial score (nSPS) is 17.9. The zero-order valence-corrected chi connectivity index (χ0v) is 28.4. The average Bonchev–Trinajstić information content (AvgIpc) is 3.71. The number of rotatable bonds is 14. The van der Waals surface area contributed by atoms with Crippen molar-refractivity contribution in [3.05, 3.63) is 149 Å². The first-order valence-corrected chi connectivity index (χ1v) is 17.0. The fraction of sp³-hybridized carbons (Fsp3) is 0.268. The number of cyclic esters (lactones) is 2. The summed E-state index contributed by atoms with van der Waals surface area (Å²) in [7, 11) is 1.41. The molecular weight excluding hydrogens is 648 g/mol. The molecule has 51 heavy (non-hydrogen) atoms. The van der Waals surface area contributed by atoms with Gasteiger partial charge in [-0.1, -0.05) is 109 Å². The highest BCUT2D eigenvalue weighted by atomic mass is 17.2. The molecule has 4 aromatic carbocycles. The Hall–Kier alpha value is -5.74. The largest absolute Gasteiger partial charge is 0.447 e. The number of imide groups is 2. The first-order valence-electron chi connectivity index (χ1n) is 17.0. The first kappa shape index (κ1) is 35.1. The lowest BCUT2D eigenvalue weighted by atomic mass is 9.91. The molecule has 4 amide bonds. The van der Waals surface area contributed by atoms with Crippen molar-refractivity contribution in [1.82, 2.24) is 9.80 Å². The molecule has 3 atom stereocenters. The molecule has 4 aromatic rings. The Bertz CT molecular complexity index is 1830.